The lowest BCUT2D eigenvalue weighted by molar-refractivity contribution is 0.0824. The van der Waals surface area contributed by atoms with E-state index in [1.807, 2.05) is 66.7 Å². The zero-order chi connectivity index (χ0) is 23.3. The van der Waals surface area contributed by atoms with Crippen LogP contribution in [0.5, 0.6) is 11.5 Å². The topological polar surface area (TPSA) is 91.4 Å². The summed E-state index contributed by atoms with van der Waals surface area (Å²) >= 11 is 0. The molecule has 2 heterocycles. The number of aromatic nitrogens is 3. The monoisotopic (exact) mass is 454 g/mol. The number of nitrogens with zero attached hydrogens (tertiary/aromatic N) is 3. The predicted molar refractivity (Wildman–Crippen MR) is 128 cm³/mol. The van der Waals surface area contributed by atoms with Crippen molar-refractivity contribution in [1.29, 1.82) is 0 Å². The summed E-state index contributed by atoms with van der Waals surface area (Å²) in [6, 6.07) is 24.8. The van der Waals surface area contributed by atoms with Gasteiger partial charge in [-0.25, -0.2) is 0 Å². The Hall–Kier alpha value is -4.59. The van der Waals surface area contributed by atoms with E-state index in [4.69, 9.17) is 13.9 Å². The largest absolute Gasteiger partial charge is 0.496 e. The van der Waals surface area contributed by atoms with E-state index in [2.05, 4.69) is 15.4 Å². The molecule has 1 N–H and O–H groups in total. The highest BCUT2D eigenvalue weighted by molar-refractivity contribution is 5.85. The number of para-hydroxylation sites is 1. The molecule has 5 aromatic rings. The van der Waals surface area contributed by atoms with Crippen LogP contribution in [-0.2, 0) is 6.54 Å². The van der Waals surface area contributed by atoms with Crippen LogP contribution in [0, 0.1) is 0 Å². The molecule has 0 fully saturated rings. The summed E-state index contributed by atoms with van der Waals surface area (Å²) in [4.78, 5) is 17.5. The SMILES string of the molecule is COc1ccccc1CNc1nc(-c2ccco2)nn1C(=O)COc1ccc2ccccc2c1. The molecule has 8 nitrogen and oxygen atoms in total. The average molecular weight is 454 g/mol. The van der Waals surface area contributed by atoms with Crippen LogP contribution in [0.15, 0.2) is 89.5 Å². The van der Waals surface area contributed by atoms with Gasteiger partial charge >= 0.3 is 0 Å². The molecule has 8 heteroatoms. The van der Waals surface area contributed by atoms with Crippen LogP contribution < -0.4 is 14.8 Å². The third-order valence-electron chi connectivity index (χ3n) is 5.30. The van der Waals surface area contributed by atoms with Gasteiger partial charge in [0, 0.05) is 12.1 Å². The maximum Gasteiger partial charge on any atom is 0.287 e. The molecule has 5 rings (SSSR count). The van der Waals surface area contributed by atoms with Gasteiger partial charge in [-0.15, -0.1) is 5.10 Å². The number of rotatable bonds is 8. The second kappa shape index (κ2) is 9.50. The second-order valence-corrected chi connectivity index (χ2v) is 7.50. The van der Waals surface area contributed by atoms with Crippen LogP contribution in [0.2, 0.25) is 0 Å². The van der Waals surface area contributed by atoms with E-state index >= 15 is 0 Å². The minimum Gasteiger partial charge on any atom is -0.496 e. The van der Waals surface area contributed by atoms with Crippen molar-refractivity contribution in [2.24, 2.45) is 0 Å². The highest BCUT2D eigenvalue weighted by atomic mass is 16.5. The van der Waals surface area contributed by atoms with Crippen molar-refractivity contribution in [3.8, 4) is 23.1 Å². The fraction of sp³-hybridized carbons (Fsp3) is 0.115. The van der Waals surface area contributed by atoms with E-state index < -0.39 is 0 Å². The maximum absolute atomic E-state index is 13.1. The van der Waals surface area contributed by atoms with Gasteiger partial charge in [0.1, 0.15) is 11.5 Å². The normalized spacial score (nSPS) is 10.9. The van der Waals surface area contributed by atoms with E-state index in [9.17, 15) is 4.79 Å². The Morgan fingerprint density at radius 3 is 2.65 bits per heavy atom. The van der Waals surface area contributed by atoms with Crippen molar-refractivity contribution in [3.63, 3.8) is 0 Å². The lowest BCUT2D eigenvalue weighted by Crippen LogP contribution is -2.22. The zero-order valence-electron chi connectivity index (χ0n) is 18.5. The minimum atomic E-state index is -0.374. The Balaban J connectivity index is 1.36. The van der Waals surface area contributed by atoms with Crippen molar-refractivity contribution in [2.75, 3.05) is 19.0 Å². The number of furan rings is 1. The lowest BCUT2D eigenvalue weighted by atomic mass is 10.1. The fourth-order valence-corrected chi connectivity index (χ4v) is 3.60. The van der Waals surface area contributed by atoms with Gasteiger partial charge in [-0.05, 0) is 41.1 Å². The van der Waals surface area contributed by atoms with E-state index in [-0.39, 0.29) is 18.5 Å². The minimum absolute atomic E-state index is 0.206. The molecule has 0 aliphatic carbocycles. The summed E-state index contributed by atoms with van der Waals surface area (Å²) in [7, 11) is 1.62. The van der Waals surface area contributed by atoms with Crippen LogP contribution in [0.3, 0.4) is 0 Å². The molecule has 34 heavy (non-hydrogen) atoms. The Morgan fingerprint density at radius 1 is 1.00 bits per heavy atom. The van der Waals surface area contributed by atoms with Gasteiger partial charge in [0.2, 0.25) is 11.8 Å². The smallest absolute Gasteiger partial charge is 0.287 e. The first-order chi connectivity index (χ1) is 16.7. The van der Waals surface area contributed by atoms with Gasteiger partial charge in [-0.2, -0.15) is 9.67 Å². The molecule has 2 aromatic heterocycles. The van der Waals surface area contributed by atoms with Gasteiger partial charge in [0.05, 0.1) is 13.4 Å². The number of methoxy groups -OCH3 is 1. The summed E-state index contributed by atoms with van der Waals surface area (Å²) in [6.07, 6.45) is 1.53. The molecule has 0 atom stereocenters. The van der Waals surface area contributed by atoms with Gasteiger partial charge in [-0.1, -0.05) is 48.5 Å². The summed E-state index contributed by atoms with van der Waals surface area (Å²) in [6.45, 7) is 0.182. The molecule has 0 radical (unpaired) electrons. The molecule has 0 bridgehead atoms. The van der Waals surface area contributed by atoms with E-state index in [1.54, 1.807) is 19.2 Å². The molecule has 0 saturated heterocycles. The first-order valence-corrected chi connectivity index (χ1v) is 10.7. The third-order valence-corrected chi connectivity index (χ3v) is 5.30. The van der Waals surface area contributed by atoms with Crippen LogP contribution in [0.4, 0.5) is 5.95 Å². The number of benzene rings is 3. The molecule has 3 aromatic carbocycles. The van der Waals surface area contributed by atoms with Crippen molar-refractivity contribution >= 4 is 22.6 Å². The molecule has 170 valence electrons. The molecule has 0 spiro atoms. The summed E-state index contributed by atoms with van der Waals surface area (Å²) in [5.74, 6) is 2.00. The molecular weight excluding hydrogens is 432 g/mol. The molecule has 0 amide bonds. The molecule has 0 saturated carbocycles. The summed E-state index contributed by atoms with van der Waals surface area (Å²) < 4.78 is 17.8. The van der Waals surface area contributed by atoms with Gasteiger partial charge in [-0.3, -0.25) is 4.79 Å². The molecule has 0 aliphatic heterocycles. The summed E-state index contributed by atoms with van der Waals surface area (Å²) in [5, 5.41) is 9.67. The standard InChI is InChI=1S/C26H22N4O4/c1-32-22-10-5-4-9-20(22)16-27-26-28-25(23-11-6-14-33-23)29-30(26)24(31)17-34-21-13-12-18-7-2-3-8-19(18)15-21/h2-15H,16-17H2,1H3,(H,27,28,29). The number of fused-ring (bicyclic) bond motifs is 1. The second-order valence-electron chi connectivity index (χ2n) is 7.50. The van der Waals surface area contributed by atoms with Crippen molar-refractivity contribution in [3.05, 3.63) is 90.7 Å². The van der Waals surface area contributed by atoms with Gasteiger partial charge in [0.25, 0.3) is 5.91 Å². The third kappa shape index (κ3) is 4.47. The first kappa shape index (κ1) is 21.3. The predicted octanol–water partition coefficient (Wildman–Crippen LogP) is 5.03. The number of hydrogen-bond acceptors (Lipinski definition) is 7. The maximum atomic E-state index is 13.1. The van der Waals surface area contributed by atoms with Gasteiger partial charge < -0.3 is 19.2 Å². The lowest BCUT2D eigenvalue weighted by Gasteiger charge is -2.11. The van der Waals surface area contributed by atoms with E-state index in [0.717, 1.165) is 22.1 Å². The Morgan fingerprint density at radius 2 is 1.82 bits per heavy atom. The van der Waals surface area contributed by atoms with E-state index in [1.165, 1.54) is 10.9 Å². The Kier molecular flexibility index (Phi) is 5.94. The van der Waals surface area contributed by atoms with Crippen molar-refractivity contribution in [1.82, 2.24) is 14.8 Å². The van der Waals surface area contributed by atoms with Crippen LogP contribution in [0.25, 0.3) is 22.4 Å². The van der Waals surface area contributed by atoms with Crippen LogP contribution in [0.1, 0.15) is 10.4 Å². The highest BCUT2D eigenvalue weighted by Gasteiger charge is 2.19. The van der Waals surface area contributed by atoms with Crippen LogP contribution >= 0.6 is 0 Å². The number of hydrogen-bond donors (Lipinski definition) is 1. The summed E-state index contributed by atoms with van der Waals surface area (Å²) in [5.41, 5.74) is 0.916. The number of anilines is 1. The van der Waals surface area contributed by atoms with Crippen molar-refractivity contribution < 1.29 is 18.7 Å². The molecular formula is C26H22N4O4. The number of carbonyl (C=O) groups excluding carboxylic acids is 1. The average Bonchev–Trinajstić information content (AvgIpc) is 3.56. The zero-order valence-corrected chi connectivity index (χ0v) is 18.5. The fourth-order valence-electron chi connectivity index (χ4n) is 3.60. The Labute approximate surface area is 195 Å². The van der Waals surface area contributed by atoms with Gasteiger partial charge in [0.15, 0.2) is 12.4 Å². The first-order valence-electron chi connectivity index (χ1n) is 10.7. The number of nitrogens with one attached hydrogen (secondary N) is 1. The van der Waals surface area contributed by atoms with Crippen molar-refractivity contribution in [2.45, 2.75) is 6.54 Å². The van der Waals surface area contributed by atoms with Crippen LogP contribution in [-0.4, -0.2) is 34.4 Å². The molecule has 0 aliphatic rings. The number of carbonyl (C=O) groups is 1. The molecule has 0 unspecified atom stereocenters. The Bertz CT molecular complexity index is 1430. The van der Waals surface area contributed by atoms with E-state index in [0.29, 0.717) is 23.9 Å². The number of ether oxygens (including phenoxy) is 2. The quantitative estimate of drug-likeness (QED) is 0.352. The highest BCUT2D eigenvalue weighted by Crippen LogP contribution is 2.23.